The van der Waals surface area contributed by atoms with Crippen LogP contribution in [0.5, 0.6) is 0 Å². The number of hydrogen-bond donors (Lipinski definition) is 1. The average molecular weight is 409 g/mol. The first-order chi connectivity index (χ1) is 14.4. The van der Waals surface area contributed by atoms with Crippen molar-refractivity contribution in [3.63, 3.8) is 0 Å². The Labute approximate surface area is 175 Å². The molecule has 4 rings (SSSR count). The first-order valence-electron chi connectivity index (χ1n) is 10.6. The van der Waals surface area contributed by atoms with E-state index in [0.717, 1.165) is 24.9 Å². The fraction of sp³-hybridized carbons (Fsp3) is 0.500. The highest BCUT2D eigenvalue weighted by atomic mass is 16.2. The maximum Gasteiger partial charge on any atom is 0.281 e. The summed E-state index contributed by atoms with van der Waals surface area (Å²) in [7, 11) is 0. The lowest BCUT2D eigenvalue weighted by molar-refractivity contribution is -0.133. The number of carbonyl (C=O) groups is 1. The number of nitrogens with one attached hydrogen (secondary N) is 1. The van der Waals surface area contributed by atoms with Crippen LogP contribution in [0.15, 0.2) is 29.1 Å². The van der Waals surface area contributed by atoms with Crippen molar-refractivity contribution < 1.29 is 4.79 Å². The number of hydrogen-bond acceptors (Lipinski definition) is 5. The summed E-state index contributed by atoms with van der Waals surface area (Å²) in [6.07, 6.45) is 2.33. The third-order valence-electron chi connectivity index (χ3n) is 5.59. The molecule has 0 saturated carbocycles. The van der Waals surface area contributed by atoms with Gasteiger partial charge in [-0.05, 0) is 31.2 Å². The van der Waals surface area contributed by atoms with Gasteiger partial charge < -0.3 is 9.88 Å². The highest BCUT2D eigenvalue weighted by Crippen LogP contribution is 2.25. The molecule has 0 unspecified atom stereocenters. The minimum absolute atomic E-state index is 0.00897. The summed E-state index contributed by atoms with van der Waals surface area (Å²) < 4.78 is 1.67. The Kier molecular flexibility index (Phi) is 5.65. The third-order valence-corrected chi connectivity index (χ3v) is 5.59. The smallest absolute Gasteiger partial charge is 0.281 e. The highest BCUT2D eigenvalue weighted by Gasteiger charge is 2.27. The number of fused-ring (bicyclic) bond motifs is 1. The van der Waals surface area contributed by atoms with Crippen molar-refractivity contribution in [1.82, 2.24) is 29.9 Å². The van der Waals surface area contributed by atoms with Crippen molar-refractivity contribution in [2.75, 3.05) is 13.1 Å². The normalized spacial score (nSPS) is 17.1. The van der Waals surface area contributed by atoms with Crippen molar-refractivity contribution in [3.05, 3.63) is 51.6 Å². The number of aryl methyl sites for hydroxylation is 1. The molecular formula is C22H28N6O2. The molecule has 0 radical (unpaired) electrons. The van der Waals surface area contributed by atoms with E-state index in [2.05, 4.69) is 29.1 Å². The number of aromatic amines is 1. The Bertz CT molecular complexity index is 1100. The molecule has 3 heterocycles. The van der Waals surface area contributed by atoms with Crippen LogP contribution in [0, 0.1) is 12.8 Å². The fourth-order valence-corrected chi connectivity index (χ4v) is 3.95. The van der Waals surface area contributed by atoms with Gasteiger partial charge in [0.25, 0.3) is 5.56 Å². The Morgan fingerprint density at radius 1 is 1.27 bits per heavy atom. The van der Waals surface area contributed by atoms with Gasteiger partial charge >= 0.3 is 0 Å². The zero-order chi connectivity index (χ0) is 21.3. The van der Waals surface area contributed by atoms with Crippen LogP contribution in [0.3, 0.4) is 0 Å². The Morgan fingerprint density at radius 2 is 2.03 bits per heavy atom. The van der Waals surface area contributed by atoms with Gasteiger partial charge in [-0.1, -0.05) is 48.9 Å². The second-order valence-corrected chi connectivity index (χ2v) is 8.63. The molecule has 3 aromatic rings. The second kappa shape index (κ2) is 8.38. The summed E-state index contributed by atoms with van der Waals surface area (Å²) in [5.74, 6) is 1.12. The Hall–Kier alpha value is -3.03. The van der Waals surface area contributed by atoms with E-state index in [1.165, 1.54) is 5.56 Å². The molecule has 1 atom stereocenters. The van der Waals surface area contributed by atoms with Gasteiger partial charge in [0.15, 0.2) is 11.2 Å². The molecule has 1 saturated heterocycles. The molecular weight excluding hydrogens is 380 g/mol. The predicted molar refractivity (Wildman–Crippen MR) is 114 cm³/mol. The van der Waals surface area contributed by atoms with Gasteiger partial charge in [0.05, 0.1) is 6.54 Å². The van der Waals surface area contributed by atoms with Crippen molar-refractivity contribution in [3.8, 4) is 0 Å². The maximum absolute atomic E-state index is 12.6. The lowest BCUT2D eigenvalue weighted by Gasteiger charge is -2.32. The molecule has 1 aromatic carbocycles. The molecule has 1 N–H and O–H groups in total. The largest absolute Gasteiger partial charge is 0.342 e. The van der Waals surface area contributed by atoms with Gasteiger partial charge in [-0.2, -0.15) is 0 Å². The van der Waals surface area contributed by atoms with Crippen LogP contribution >= 0.6 is 0 Å². The van der Waals surface area contributed by atoms with E-state index in [4.69, 9.17) is 4.98 Å². The standard InChI is InChI=1S/C22H28N6O2/c1-14(2)11-18(29)27-10-4-5-17(13-27)20-23-21-19(22(30)24-20)25-26-28(21)12-16-8-6-15(3)7-9-16/h6-9,14,17H,4-5,10-13H2,1-3H3,(H,23,24,30)/t17-/m0/s1. The summed E-state index contributed by atoms with van der Waals surface area (Å²) in [6.45, 7) is 7.99. The number of piperidine rings is 1. The summed E-state index contributed by atoms with van der Waals surface area (Å²) in [4.78, 5) is 34.7. The molecule has 1 aliphatic heterocycles. The van der Waals surface area contributed by atoms with Gasteiger partial charge in [-0.3, -0.25) is 9.59 Å². The predicted octanol–water partition coefficient (Wildman–Crippen LogP) is 2.62. The van der Waals surface area contributed by atoms with Crippen LogP contribution in [0.2, 0.25) is 0 Å². The quantitative estimate of drug-likeness (QED) is 0.700. The lowest BCUT2D eigenvalue weighted by atomic mass is 9.96. The number of nitrogens with zero attached hydrogens (tertiary/aromatic N) is 5. The summed E-state index contributed by atoms with van der Waals surface area (Å²) in [6, 6.07) is 8.17. The van der Waals surface area contributed by atoms with E-state index in [1.807, 2.05) is 36.1 Å². The number of carbonyl (C=O) groups excluding carboxylic acids is 1. The van der Waals surface area contributed by atoms with Crippen LogP contribution in [-0.2, 0) is 11.3 Å². The van der Waals surface area contributed by atoms with Gasteiger partial charge in [0, 0.05) is 25.4 Å². The minimum Gasteiger partial charge on any atom is -0.342 e. The molecule has 1 amide bonds. The van der Waals surface area contributed by atoms with Crippen LogP contribution in [0.25, 0.3) is 11.2 Å². The monoisotopic (exact) mass is 408 g/mol. The van der Waals surface area contributed by atoms with Crippen LogP contribution in [-0.4, -0.2) is 48.9 Å². The summed E-state index contributed by atoms with van der Waals surface area (Å²) >= 11 is 0. The first-order valence-corrected chi connectivity index (χ1v) is 10.6. The van der Waals surface area contributed by atoms with E-state index in [0.29, 0.717) is 36.9 Å². The van der Waals surface area contributed by atoms with Gasteiger partial charge in [-0.15, -0.1) is 5.10 Å². The zero-order valence-electron chi connectivity index (χ0n) is 17.8. The van der Waals surface area contributed by atoms with Crippen molar-refractivity contribution >= 4 is 17.1 Å². The molecule has 0 bridgehead atoms. The van der Waals surface area contributed by atoms with Crippen molar-refractivity contribution in [2.45, 2.75) is 52.5 Å². The number of amides is 1. The molecule has 158 valence electrons. The zero-order valence-corrected chi connectivity index (χ0v) is 17.8. The highest BCUT2D eigenvalue weighted by molar-refractivity contribution is 5.76. The summed E-state index contributed by atoms with van der Waals surface area (Å²) in [5.41, 5.74) is 2.71. The van der Waals surface area contributed by atoms with E-state index in [-0.39, 0.29) is 22.9 Å². The second-order valence-electron chi connectivity index (χ2n) is 8.63. The fourth-order valence-electron chi connectivity index (χ4n) is 3.95. The molecule has 2 aromatic heterocycles. The van der Waals surface area contributed by atoms with Crippen molar-refractivity contribution in [1.29, 1.82) is 0 Å². The van der Waals surface area contributed by atoms with Crippen molar-refractivity contribution in [2.24, 2.45) is 5.92 Å². The maximum atomic E-state index is 12.6. The Balaban J connectivity index is 1.61. The van der Waals surface area contributed by atoms with E-state index in [9.17, 15) is 9.59 Å². The molecule has 8 heteroatoms. The van der Waals surface area contributed by atoms with Crippen LogP contribution < -0.4 is 5.56 Å². The minimum atomic E-state index is -0.282. The molecule has 1 aliphatic rings. The number of benzene rings is 1. The molecule has 0 spiro atoms. The van der Waals surface area contributed by atoms with E-state index in [1.54, 1.807) is 4.68 Å². The van der Waals surface area contributed by atoms with E-state index < -0.39 is 0 Å². The Morgan fingerprint density at radius 3 is 2.77 bits per heavy atom. The topological polar surface area (TPSA) is 96.8 Å². The molecule has 1 fully saturated rings. The van der Waals surface area contributed by atoms with Crippen LogP contribution in [0.1, 0.15) is 56.0 Å². The van der Waals surface area contributed by atoms with E-state index >= 15 is 0 Å². The summed E-state index contributed by atoms with van der Waals surface area (Å²) in [5, 5.41) is 8.19. The molecule has 8 nitrogen and oxygen atoms in total. The van der Waals surface area contributed by atoms with Gasteiger partial charge in [0.2, 0.25) is 5.91 Å². The molecule has 30 heavy (non-hydrogen) atoms. The first kappa shape index (κ1) is 20.3. The van der Waals surface area contributed by atoms with Gasteiger partial charge in [-0.25, -0.2) is 9.67 Å². The lowest BCUT2D eigenvalue weighted by Crippen LogP contribution is -2.40. The molecule has 0 aliphatic carbocycles. The number of H-pyrrole nitrogens is 1. The SMILES string of the molecule is Cc1ccc(Cn2nnc3c(=O)[nH]c([C@H]4CCCN(C(=O)CC(C)C)C4)nc32)cc1. The van der Waals surface area contributed by atoms with Crippen LogP contribution in [0.4, 0.5) is 0 Å². The van der Waals surface area contributed by atoms with Gasteiger partial charge in [0.1, 0.15) is 5.82 Å². The number of rotatable bonds is 5. The number of aromatic nitrogens is 5. The number of likely N-dealkylation sites (tertiary alicyclic amines) is 1. The average Bonchev–Trinajstić information content (AvgIpc) is 3.12. The third kappa shape index (κ3) is 4.27.